The molecule has 0 aliphatic heterocycles. The smallest absolute Gasteiger partial charge is 0 e. The predicted molar refractivity (Wildman–Crippen MR) is 76.9 cm³/mol. The first-order chi connectivity index (χ1) is 12.3. The van der Waals surface area contributed by atoms with Crippen LogP contribution in [0.2, 0.25) is 0 Å². The first kappa shape index (κ1) is 56.2. The van der Waals surface area contributed by atoms with Gasteiger partial charge in [-0.1, -0.05) is 13.0 Å². The molecule has 140 valence electrons. The summed E-state index contributed by atoms with van der Waals surface area (Å²) in [5, 5.41) is 0. The Hall–Kier alpha value is -1.60. The molecule has 0 N–H and O–H groups in total. The Morgan fingerprint density at radius 2 is 1.11 bits per heavy atom. The zero-order valence-corrected chi connectivity index (χ0v) is 16.8. The van der Waals surface area contributed by atoms with Crippen LogP contribution in [0.3, 0.4) is 0 Å². The minimum atomic E-state index is 0. The molecule has 0 aliphatic carbocycles. The van der Waals surface area contributed by atoms with Gasteiger partial charge in [0.1, 0.15) is 0 Å². The van der Waals surface area contributed by atoms with Gasteiger partial charge in [0.05, 0.1) is 0 Å². The van der Waals surface area contributed by atoms with Crippen molar-refractivity contribution in [3.05, 3.63) is 88.5 Å². The fraction of sp³-hybridized carbons (Fsp3) is 0.118. The SMILES string of the molecule is C=[C-]c1cccc(CC)c1[S-].[C-]#[O+].[C-]#[O+].[C-]#[O+].[C-]#[O+].[C-]#[O+].[C-]#[O+].[C-]#[O+].[Mn+2].[Mn]. The molecule has 0 heterocycles. The van der Waals surface area contributed by atoms with Gasteiger partial charge in [-0.15, -0.1) is 11.6 Å². The van der Waals surface area contributed by atoms with Crippen molar-refractivity contribution >= 4 is 12.6 Å². The van der Waals surface area contributed by atoms with E-state index in [-0.39, 0.29) is 34.1 Å². The first-order valence-corrected chi connectivity index (χ1v) is 5.45. The van der Waals surface area contributed by atoms with Crippen molar-refractivity contribution in [1.29, 1.82) is 0 Å². The molecular formula is C17H10Mn2O7S. The van der Waals surface area contributed by atoms with Crippen LogP contribution in [0.5, 0.6) is 0 Å². The normalized spacial score (nSPS) is 4.41. The Morgan fingerprint density at radius 3 is 1.33 bits per heavy atom. The molecule has 27 heavy (non-hydrogen) atoms. The van der Waals surface area contributed by atoms with Crippen LogP contribution in [0.15, 0.2) is 29.7 Å². The van der Waals surface area contributed by atoms with Crippen molar-refractivity contribution in [2.45, 2.75) is 18.2 Å². The zero-order chi connectivity index (χ0) is 22.3. The second kappa shape index (κ2) is 86.9. The summed E-state index contributed by atoms with van der Waals surface area (Å²) >= 11 is 5.19. The van der Waals surface area contributed by atoms with E-state index in [1.165, 1.54) is 5.56 Å². The summed E-state index contributed by atoms with van der Waals surface area (Å²) in [5.74, 6) is 0. The first-order valence-electron chi connectivity index (χ1n) is 5.04. The summed E-state index contributed by atoms with van der Waals surface area (Å²) in [6, 6.07) is 5.97. The maximum atomic E-state index is 7.50. The molecule has 0 unspecified atom stereocenters. The molecule has 1 aromatic carbocycles. The van der Waals surface area contributed by atoms with Gasteiger partial charge < -0.3 is 12.6 Å². The van der Waals surface area contributed by atoms with E-state index in [1.807, 2.05) is 18.2 Å². The molecule has 1 aromatic rings. The van der Waals surface area contributed by atoms with Gasteiger partial charge in [-0.25, -0.2) is 5.56 Å². The van der Waals surface area contributed by atoms with Gasteiger partial charge >= 0.3 is 96.2 Å². The average molecular weight is 468 g/mol. The molecule has 0 bridgehead atoms. The third-order valence-electron chi connectivity index (χ3n) is 1.67. The topological polar surface area (TPSA) is 139 Å². The molecule has 0 saturated heterocycles. The number of hydrogen-bond donors (Lipinski definition) is 0. The van der Waals surface area contributed by atoms with Crippen molar-refractivity contribution in [2.75, 3.05) is 0 Å². The van der Waals surface area contributed by atoms with Crippen LogP contribution in [0, 0.1) is 52.6 Å². The third-order valence-corrected chi connectivity index (χ3v) is 2.15. The summed E-state index contributed by atoms with van der Waals surface area (Å²) in [4.78, 5) is 0.894. The molecule has 0 amide bonds. The predicted octanol–water partition coefficient (Wildman–Crippen LogP) is 2.22. The van der Waals surface area contributed by atoms with E-state index in [4.69, 9.17) is 45.2 Å². The number of aryl methyl sites for hydroxylation is 1. The molecule has 7 nitrogen and oxygen atoms in total. The van der Waals surface area contributed by atoms with E-state index < -0.39 is 0 Å². The molecular weight excluding hydrogens is 458 g/mol. The second-order valence-electron chi connectivity index (χ2n) is 2.32. The minimum absolute atomic E-state index is 0. The molecule has 0 spiro atoms. The van der Waals surface area contributed by atoms with Crippen LogP contribution >= 0.6 is 0 Å². The Balaban J connectivity index is -0.0000000249. The monoisotopic (exact) mass is 468 g/mol. The van der Waals surface area contributed by atoms with Crippen LogP contribution in [-0.4, -0.2) is 0 Å². The summed E-state index contributed by atoms with van der Waals surface area (Å²) in [7, 11) is 0. The molecule has 0 aliphatic rings. The summed E-state index contributed by atoms with van der Waals surface area (Å²) < 4.78 is 52.5. The number of hydrogen-bond acceptors (Lipinski definition) is 1. The van der Waals surface area contributed by atoms with Crippen molar-refractivity contribution in [3.63, 3.8) is 0 Å². The summed E-state index contributed by atoms with van der Waals surface area (Å²) in [6.45, 7) is 37.2. The van der Waals surface area contributed by atoms with Crippen LogP contribution < -0.4 is 0 Å². The second-order valence-corrected chi connectivity index (χ2v) is 2.73. The quantitative estimate of drug-likeness (QED) is 0.279. The molecule has 1 rings (SSSR count). The van der Waals surface area contributed by atoms with Crippen LogP contribution in [0.4, 0.5) is 0 Å². The maximum Gasteiger partial charge on any atom is 2.00 e. The largest absolute Gasteiger partial charge is 2.00 e. The van der Waals surface area contributed by atoms with E-state index in [9.17, 15) is 0 Å². The zero-order valence-electron chi connectivity index (χ0n) is 13.7. The molecule has 0 fully saturated rings. The van der Waals surface area contributed by atoms with Crippen molar-refractivity contribution in [1.82, 2.24) is 0 Å². The molecule has 2 radical (unpaired) electrons. The number of rotatable bonds is 2. The van der Waals surface area contributed by atoms with E-state index in [2.05, 4.69) is 66.1 Å². The summed E-state index contributed by atoms with van der Waals surface area (Å²) in [5.41, 5.74) is 2.15. The van der Waals surface area contributed by atoms with E-state index in [1.54, 1.807) is 0 Å². The van der Waals surface area contributed by atoms with Crippen molar-refractivity contribution in [2.24, 2.45) is 0 Å². The Kier molecular flexibility index (Phi) is 181. The van der Waals surface area contributed by atoms with Crippen molar-refractivity contribution in [3.8, 4) is 0 Å². The van der Waals surface area contributed by atoms with Crippen LogP contribution in [-0.2, 0) is 85.8 Å². The summed E-state index contributed by atoms with van der Waals surface area (Å²) in [6.07, 6.45) is 3.80. The molecule has 10 heteroatoms. The van der Waals surface area contributed by atoms with Gasteiger partial charge in [0.25, 0.3) is 0 Å². The van der Waals surface area contributed by atoms with Gasteiger partial charge in [-0.2, -0.15) is 18.7 Å². The van der Waals surface area contributed by atoms with Gasteiger partial charge in [-0.05, 0) is 6.42 Å². The molecule has 0 saturated carbocycles. The van der Waals surface area contributed by atoms with Gasteiger partial charge in [0.2, 0.25) is 0 Å². The molecule has 0 aromatic heterocycles. The van der Waals surface area contributed by atoms with E-state index >= 15 is 0 Å². The Labute approximate surface area is 185 Å². The van der Waals surface area contributed by atoms with E-state index in [0.29, 0.717) is 0 Å². The fourth-order valence-corrected chi connectivity index (χ4v) is 1.36. The molecule has 0 atom stereocenters. The van der Waals surface area contributed by atoms with Gasteiger partial charge in [0, 0.05) is 17.1 Å². The maximum absolute atomic E-state index is 7.50. The third kappa shape index (κ3) is 45.5. The Morgan fingerprint density at radius 1 is 0.815 bits per heavy atom. The van der Waals surface area contributed by atoms with Crippen LogP contribution in [0.1, 0.15) is 18.1 Å². The number of benzene rings is 1. The van der Waals surface area contributed by atoms with Gasteiger partial charge in [0.15, 0.2) is 0 Å². The minimum Gasteiger partial charge on any atom is 0 e. The van der Waals surface area contributed by atoms with E-state index in [0.717, 1.165) is 16.9 Å². The van der Waals surface area contributed by atoms with Crippen LogP contribution in [0.25, 0.3) is 0 Å². The Bertz CT molecular complexity index is 486. The van der Waals surface area contributed by atoms with Gasteiger partial charge in [-0.3, -0.25) is 4.90 Å². The standard InChI is InChI=1S/C10H11S.7CO.2Mn/c1-3-8-6-5-7-9(4-2)10(8)11;7*1-2;;/h5-7,11H,1,4H2,2H3;;;;;;;;;/q-1;;;;;;;;;+2/p-1. The average Bonchev–Trinajstić information content (AvgIpc) is 2.78. The van der Waals surface area contributed by atoms with Crippen molar-refractivity contribution < 1.29 is 66.7 Å². The fourth-order valence-electron chi connectivity index (χ4n) is 1.00.